The first-order valence-corrected chi connectivity index (χ1v) is 25.6. The Morgan fingerprint density at radius 2 is 1.15 bits per heavy atom. The van der Waals surface area contributed by atoms with Crippen molar-refractivity contribution in [1.29, 1.82) is 0 Å². The minimum absolute atomic E-state index is 0.0218. The number of nitrogens with one attached hydrogen (secondary N) is 8. The molecule has 28 heteroatoms. The molecule has 0 unspecified atom stereocenters. The summed E-state index contributed by atoms with van der Waals surface area (Å²) >= 11 is 0. The second kappa shape index (κ2) is 32.0. The maximum Gasteiger partial charge on any atom is 0.326 e. The Balaban J connectivity index is 2.30. The van der Waals surface area contributed by atoms with Crippen LogP contribution in [0.5, 0.6) is 5.75 Å². The summed E-state index contributed by atoms with van der Waals surface area (Å²) in [5, 5.41) is 57.6. The summed E-state index contributed by atoms with van der Waals surface area (Å²) in [5.74, 6) is -14.7. The molecule has 0 aliphatic carbocycles. The Morgan fingerprint density at radius 3 is 1.69 bits per heavy atom. The zero-order chi connectivity index (χ0) is 59.1. The monoisotopic (exact) mass is 1100 g/mol. The van der Waals surface area contributed by atoms with E-state index in [0.29, 0.717) is 12.0 Å². The topological polar surface area (TPSA) is 454 Å². The molecule has 28 nitrogen and oxygen atoms in total. The number of nitrogens with two attached hydrogens (primary N) is 2. The fraction of sp³-hybridized carbons (Fsp3) is 0.620. The van der Waals surface area contributed by atoms with Gasteiger partial charge in [0.25, 0.3) is 0 Å². The smallest absolute Gasteiger partial charge is 0.326 e. The summed E-state index contributed by atoms with van der Waals surface area (Å²) in [6.07, 6.45) is -2.40. The van der Waals surface area contributed by atoms with E-state index in [1.54, 1.807) is 41.5 Å². The Morgan fingerprint density at radius 1 is 0.628 bits per heavy atom. The number of carboxylic acid groups (broad SMARTS) is 3. The molecule has 1 fully saturated rings. The van der Waals surface area contributed by atoms with Gasteiger partial charge in [-0.25, -0.2) is 4.79 Å². The summed E-state index contributed by atoms with van der Waals surface area (Å²) < 4.78 is 0. The number of rotatable bonds is 33. The number of amides is 10. The lowest BCUT2D eigenvalue weighted by atomic mass is 9.99. The highest BCUT2D eigenvalue weighted by Crippen LogP contribution is 2.21. The first-order chi connectivity index (χ1) is 36.4. The van der Waals surface area contributed by atoms with Crippen LogP contribution in [0, 0.1) is 17.8 Å². The van der Waals surface area contributed by atoms with Gasteiger partial charge >= 0.3 is 17.9 Å². The largest absolute Gasteiger partial charge is 0.508 e. The van der Waals surface area contributed by atoms with Gasteiger partial charge in [-0.05, 0) is 74.5 Å². The van der Waals surface area contributed by atoms with Crippen molar-refractivity contribution in [2.75, 3.05) is 13.1 Å². The summed E-state index contributed by atoms with van der Waals surface area (Å²) in [6.45, 7) is 10.9. The Kier molecular flexibility index (Phi) is 27.1. The third-order valence-electron chi connectivity index (χ3n) is 12.6. The van der Waals surface area contributed by atoms with Gasteiger partial charge in [-0.15, -0.1) is 0 Å². The normalized spacial score (nSPS) is 16.5. The minimum atomic E-state index is -1.82. The molecule has 0 aromatic heterocycles. The predicted molar refractivity (Wildman–Crippen MR) is 276 cm³/mol. The average Bonchev–Trinajstić information content (AvgIpc) is 3.85. The molecule has 1 aliphatic heterocycles. The first kappa shape index (κ1) is 66.2. The summed E-state index contributed by atoms with van der Waals surface area (Å²) in [7, 11) is 0. The molecule has 1 saturated heterocycles. The van der Waals surface area contributed by atoms with Crippen LogP contribution in [0.15, 0.2) is 24.3 Å². The van der Waals surface area contributed by atoms with Gasteiger partial charge < -0.3 is 79.3 Å². The lowest BCUT2D eigenvalue weighted by Gasteiger charge is -2.31. The number of carboxylic acids is 3. The van der Waals surface area contributed by atoms with Crippen LogP contribution in [0.4, 0.5) is 0 Å². The van der Waals surface area contributed by atoms with Crippen molar-refractivity contribution in [3.05, 3.63) is 29.8 Å². The molecule has 1 heterocycles. The molecule has 78 heavy (non-hydrogen) atoms. The number of phenolic OH excluding ortho intramolecular Hbond substituents is 1. The van der Waals surface area contributed by atoms with Crippen LogP contribution in [0.2, 0.25) is 0 Å². The van der Waals surface area contributed by atoms with E-state index in [1.165, 1.54) is 31.2 Å². The van der Waals surface area contributed by atoms with Gasteiger partial charge in [-0.3, -0.25) is 57.5 Å². The molecule has 10 amide bonds. The fourth-order valence-corrected chi connectivity index (χ4v) is 8.10. The number of aliphatic carboxylic acids is 3. The third kappa shape index (κ3) is 22.7. The molecule has 2 rings (SSSR count). The zero-order valence-electron chi connectivity index (χ0n) is 44.9. The number of carbonyl (C=O) groups excluding carboxylic acids is 10. The lowest BCUT2D eigenvalue weighted by molar-refractivity contribution is -0.144. The van der Waals surface area contributed by atoms with E-state index in [9.17, 15) is 82.8 Å². The summed E-state index contributed by atoms with van der Waals surface area (Å²) in [6, 6.07) is -7.60. The van der Waals surface area contributed by atoms with Crippen LogP contribution in [-0.4, -0.2) is 170 Å². The van der Waals surface area contributed by atoms with E-state index in [0.717, 1.165) is 4.90 Å². The standard InChI is InChI=1S/C50H77N11O17/c1-8-26(6)41(52)48(75)53-23-38(64)55-34(22-40(67)68)46(73)56-30(15-16-39(65)66)49(76)61-17-9-10-36(61)47(74)59-31(18-24(2)3)43(70)54-27(7)42(69)57-33(21-37(51)63)45(72)58-32(20-28-11-13-29(62)14-12-28)44(71)60-35(50(77)78)19-25(4)5/h11-14,24-27,30-36,41,62H,8-10,15-23,52H2,1-7H3,(H2,51,63)(H,53,75)(H,54,70)(H,55,64)(H,56,73)(H,57,69)(H,58,72)(H,59,74)(H,60,71)(H,65,66)(H,67,68)(H,77,78)/t26-,27-,30-,31-,32-,33-,34-,35-,36-,41-/m0/s1. The fourth-order valence-electron chi connectivity index (χ4n) is 8.10. The molecule has 0 bridgehead atoms. The number of carbonyl (C=O) groups is 13. The van der Waals surface area contributed by atoms with Crippen LogP contribution < -0.4 is 54.0 Å². The maximum atomic E-state index is 14.1. The van der Waals surface area contributed by atoms with E-state index < -0.39 is 164 Å². The van der Waals surface area contributed by atoms with Crippen molar-refractivity contribution in [2.24, 2.45) is 29.2 Å². The predicted octanol–water partition coefficient (Wildman–Crippen LogP) is -2.78. The molecule has 1 aliphatic rings. The maximum absolute atomic E-state index is 14.1. The van der Waals surface area contributed by atoms with Crippen LogP contribution >= 0.6 is 0 Å². The van der Waals surface area contributed by atoms with E-state index in [-0.39, 0.29) is 62.2 Å². The Bertz CT molecular complexity index is 2330. The highest BCUT2D eigenvalue weighted by Gasteiger charge is 2.41. The van der Waals surface area contributed by atoms with Gasteiger partial charge in [0.15, 0.2) is 0 Å². The molecule has 10 atom stereocenters. The number of nitrogens with zero attached hydrogens (tertiary/aromatic N) is 1. The highest BCUT2D eigenvalue weighted by molar-refractivity contribution is 5.99. The van der Waals surface area contributed by atoms with Gasteiger partial charge in [0.1, 0.15) is 54.1 Å². The van der Waals surface area contributed by atoms with Gasteiger partial charge in [-0.1, -0.05) is 60.1 Å². The zero-order valence-corrected chi connectivity index (χ0v) is 44.9. The molecular weight excluding hydrogens is 1030 g/mol. The van der Waals surface area contributed by atoms with Gasteiger partial charge in [-0.2, -0.15) is 0 Å². The van der Waals surface area contributed by atoms with Crippen molar-refractivity contribution in [3.63, 3.8) is 0 Å². The van der Waals surface area contributed by atoms with Crippen molar-refractivity contribution in [1.82, 2.24) is 47.4 Å². The average molecular weight is 1100 g/mol. The molecule has 1 aromatic rings. The quantitative estimate of drug-likeness (QED) is 0.0339. The van der Waals surface area contributed by atoms with Crippen molar-refractivity contribution in [3.8, 4) is 5.75 Å². The van der Waals surface area contributed by atoms with Crippen molar-refractivity contribution >= 4 is 77.0 Å². The molecule has 0 saturated carbocycles. The van der Waals surface area contributed by atoms with E-state index in [2.05, 4.69) is 42.5 Å². The van der Waals surface area contributed by atoms with Crippen LogP contribution in [0.3, 0.4) is 0 Å². The minimum Gasteiger partial charge on any atom is -0.508 e. The Hall–Kier alpha value is -7.91. The van der Waals surface area contributed by atoms with Crippen LogP contribution in [0.25, 0.3) is 0 Å². The van der Waals surface area contributed by atoms with Gasteiger partial charge in [0.2, 0.25) is 59.1 Å². The molecule has 16 N–H and O–H groups in total. The molecule has 0 spiro atoms. The van der Waals surface area contributed by atoms with Gasteiger partial charge in [0, 0.05) is 19.4 Å². The van der Waals surface area contributed by atoms with E-state index >= 15 is 0 Å². The number of hydrogen-bond acceptors (Lipinski definition) is 15. The van der Waals surface area contributed by atoms with Crippen molar-refractivity contribution < 1.29 is 82.8 Å². The highest BCUT2D eigenvalue weighted by atomic mass is 16.4. The molecular formula is C50H77N11O17. The molecule has 434 valence electrons. The number of likely N-dealkylation sites (tertiary alicyclic amines) is 1. The number of phenols is 1. The first-order valence-electron chi connectivity index (χ1n) is 25.6. The third-order valence-corrected chi connectivity index (χ3v) is 12.6. The van der Waals surface area contributed by atoms with Crippen LogP contribution in [-0.2, 0) is 68.7 Å². The second-order valence-electron chi connectivity index (χ2n) is 20.1. The number of aromatic hydroxyl groups is 1. The number of primary amides is 1. The van der Waals surface area contributed by atoms with Gasteiger partial charge in [0.05, 0.1) is 25.4 Å². The second-order valence-corrected chi connectivity index (χ2v) is 20.1. The molecule has 0 radical (unpaired) electrons. The summed E-state index contributed by atoms with van der Waals surface area (Å²) in [4.78, 5) is 170. The van der Waals surface area contributed by atoms with E-state index in [4.69, 9.17) is 11.5 Å². The molecule has 1 aromatic carbocycles. The SMILES string of the molecule is CC[C@H](C)[C@H](N)C(=O)NCC(=O)N[C@@H](CC(=O)O)C(=O)N[C@@H](CCC(=O)O)C(=O)N1CCC[C@H]1C(=O)N[C@@H](CC(C)C)C(=O)N[C@@H](C)C(=O)N[C@@H](CC(N)=O)C(=O)N[C@@H](Cc1ccc(O)cc1)C(=O)N[C@@H](CC(C)C)C(=O)O. The van der Waals surface area contributed by atoms with Crippen LogP contribution in [0.1, 0.15) is 112 Å². The van der Waals surface area contributed by atoms with E-state index in [1.807, 2.05) is 0 Å². The Labute approximate surface area is 451 Å². The lowest BCUT2D eigenvalue weighted by Crippen LogP contribution is -2.60. The van der Waals surface area contributed by atoms with Crippen molar-refractivity contribution in [2.45, 2.75) is 167 Å². The number of benzene rings is 1. The summed E-state index contributed by atoms with van der Waals surface area (Å²) in [5.41, 5.74) is 11.7. The number of hydrogen-bond donors (Lipinski definition) is 14.